The summed E-state index contributed by atoms with van der Waals surface area (Å²) < 4.78 is 5.75. The number of nitrogens with two attached hydrogens (primary N) is 1. The van der Waals surface area contributed by atoms with Crippen LogP contribution in [0.3, 0.4) is 0 Å². The van der Waals surface area contributed by atoms with E-state index in [0.717, 1.165) is 24.4 Å². The van der Waals surface area contributed by atoms with Crippen LogP contribution in [-0.2, 0) is 0 Å². The third-order valence-corrected chi connectivity index (χ3v) is 3.09. The van der Waals surface area contributed by atoms with Gasteiger partial charge in [0.1, 0.15) is 5.75 Å². The molecule has 4 heteroatoms. The van der Waals surface area contributed by atoms with E-state index in [1.165, 1.54) is 0 Å². The van der Waals surface area contributed by atoms with Crippen molar-refractivity contribution in [2.75, 3.05) is 31.7 Å². The molecule has 0 aliphatic heterocycles. The molecule has 1 unspecified atom stereocenters. The fourth-order valence-corrected chi connectivity index (χ4v) is 2.40. The largest absolute Gasteiger partial charge is 0.489 e. The summed E-state index contributed by atoms with van der Waals surface area (Å²) in [6.07, 6.45) is 1.25. The first kappa shape index (κ1) is 17.6. The minimum Gasteiger partial charge on any atom is -0.489 e. The number of hydrogen-bond donors (Lipinski definition) is 2. The smallest absolute Gasteiger partial charge is 0.144 e. The van der Waals surface area contributed by atoms with Crippen LogP contribution in [-0.4, -0.2) is 37.7 Å². The SMILES string of the molecule is CC(C)CC(CN(C)C)Nc1ccc(N)c(OC(C)C)c1. The van der Waals surface area contributed by atoms with Crippen molar-refractivity contribution in [3.63, 3.8) is 0 Å². The first-order valence-corrected chi connectivity index (χ1v) is 7.75. The van der Waals surface area contributed by atoms with Crippen LogP contribution >= 0.6 is 0 Å². The van der Waals surface area contributed by atoms with E-state index in [4.69, 9.17) is 10.5 Å². The molecular weight excluding hydrogens is 262 g/mol. The molecule has 0 aliphatic rings. The molecule has 1 aromatic rings. The molecule has 0 fully saturated rings. The lowest BCUT2D eigenvalue weighted by molar-refractivity contribution is 0.244. The zero-order chi connectivity index (χ0) is 16.0. The van der Waals surface area contributed by atoms with Crippen LogP contribution < -0.4 is 15.8 Å². The monoisotopic (exact) mass is 293 g/mol. The zero-order valence-electron chi connectivity index (χ0n) is 14.3. The molecule has 120 valence electrons. The minimum absolute atomic E-state index is 0.121. The molecule has 0 radical (unpaired) electrons. The number of likely N-dealkylation sites (N-methyl/N-ethyl adjacent to an activating group) is 1. The summed E-state index contributed by atoms with van der Waals surface area (Å²) in [4.78, 5) is 2.21. The van der Waals surface area contributed by atoms with Crippen LogP contribution in [0.4, 0.5) is 11.4 Å². The zero-order valence-corrected chi connectivity index (χ0v) is 14.3. The number of nitrogens with one attached hydrogen (secondary N) is 1. The van der Waals surface area contributed by atoms with Gasteiger partial charge in [-0.2, -0.15) is 0 Å². The Morgan fingerprint density at radius 3 is 2.38 bits per heavy atom. The average molecular weight is 293 g/mol. The molecule has 1 rings (SSSR count). The van der Waals surface area contributed by atoms with E-state index in [1.54, 1.807) is 0 Å². The minimum atomic E-state index is 0.121. The molecule has 1 aromatic carbocycles. The number of ether oxygens (including phenoxy) is 1. The summed E-state index contributed by atoms with van der Waals surface area (Å²) >= 11 is 0. The summed E-state index contributed by atoms with van der Waals surface area (Å²) in [6, 6.07) is 6.34. The number of benzene rings is 1. The molecule has 4 nitrogen and oxygen atoms in total. The second-order valence-corrected chi connectivity index (χ2v) is 6.65. The van der Waals surface area contributed by atoms with Crippen molar-refractivity contribution < 1.29 is 4.74 Å². The molecule has 0 heterocycles. The van der Waals surface area contributed by atoms with Crippen molar-refractivity contribution in [3.8, 4) is 5.75 Å². The maximum absolute atomic E-state index is 5.97. The highest BCUT2D eigenvalue weighted by Gasteiger charge is 2.13. The summed E-state index contributed by atoms with van der Waals surface area (Å²) in [5.74, 6) is 1.41. The molecule has 0 bridgehead atoms. The van der Waals surface area contributed by atoms with Crippen LogP contribution in [0.2, 0.25) is 0 Å². The predicted molar refractivity (Wildman–Crippen MR) is 92.0 cm³/mol. The van der Waals surface area contributed by atoms with Crippen LogP contribution in [0.15, 0.2) is 18.2 Å². The van der Waals surface area contributed by atoms with Gasteiger partial charge in [-0.05, 0) is 52.4 Å². The van der Waals surface area contributed by atoms with Gasteiger partial charge in [0.25, 0.3) is 0 Å². The number of rotatable bonds is 8. The summed E-state index contributed by atoms with van der Waals surface area (Å²) in [5.41, 5.74) is 7.71. The molecule has 3 N–H and O–H groups in total. The highest BCUT2D eigenvalue weighted by atomic mass is 16.5. The van der Waals surface area contributed by atoms with Gasteiger partial charge in [0, 0.05) is 24.3 Å². The molecule has 21 heavy (non-hydrogen) atoms. The predicted octanol–water partition coefficient (Wildman–Crippen LogP) is 3.44. The molecule has 0 aliphatic carbocycles. The Hall–Kier alpha value is -1.42. The molecule has 1 atom stereocenters. The lowest BCUT2D eigenvalue weighted by Crippen LogP contribution is -2.33. The van der Waals surface area contributed by atoms with Gasteiger partial charge in [-0.3, -0.25) is 0 Å². The van der Waals surface area contributed by atoms with Crippen molar-refractivity contribution in [1.29, 1.82) is 0 Å². The van der Waals surface area contributed by atoms with Gasteiger partial charge in [-0.15, -0.1) is 0 Å². The first-order valence-electron chi connectivity index (χ1n) is 7.75. The van der Waals surface area contributed by atoms with Crippen molar-refractivity contribution in [2.24, 2.45) is 5.92 Å². The van der Waals surface area contributed by atoms with Gasteiger partial charge in [0.15, 0.2) is 0 Å². The quantitative estimate of drug-likeness (QED) is 0.721. The first-order chi connectivity index (χ1) is 9.77. The van der Waals surface area contributed by atoms with E-state index in [-0.39, 0.29) is 6.10 Å². The van der Waals surface area contributed by atoms with Gasteiger partial charge >= 0.3 is 0 Å². The molecule has 0 aromatic heterocycles. The molecule has 0 saturated heterocycles. The normalized spacial score (nSPS) is 13.0. The van der Waals surface area contributed by atoms with E-state index in [9.17, 15) is 0 Å². The Labute approximate surface area is 129 Å². The van der Waals surface area contributed by atoms with Gasteiger partial charge in [0.05, 0.1) is 11.8 Å². The number of hydrogen-bond acceptors (Lipinski definition) is 4. The van der Waals surface area contributed by atoms with E-state index in [2.05, 4.69) is 38.2 Å². The number of anilines is 2. The third kappa shape index (κ3) is 6.71. The second kappa shape index (κ2) is 8.13. The van der Waals surface area contributed by atoms with E-state index >= 15 is 0 Å². The van der Waals surface area contributed by atoms with Crippen molar-refractivity contribution >= 4 is 11.4 Å². The van der Waals surface area contributed by atoms with Gasteiger partial charge in [-0.25, -0.2) is 0 Å². The molecule has 0 saturated carbocycles. The van der Waals surface area contributed by atoms with Crippen LogP contribution in [0.25, 0.3) is 0 Å². The Kier molecular flexibility index (Phi) is 6.82. The van der Waals surface area contributed by atoms with Crippen LogP contribution in [0.5, 0.6) is 5.75 Å². The average Bonchev–Trinajstić information content (AvgIpc) is 2.31. The summed E-state index contributed by atoms with van der Waals surface area (Å²) in [5, 5.41) is 3.61. The second-order valence-electron chi connectivity index (χ2n) is 6.65. The van der Waals surface area contributed by atoms with Crippen molar-refractivity contribution in [3.05, 3.63) is 18.2 Å². The maximum Gasteiger partial charge on any atom is 0.144 e. The van der Waals surface area contributed by atoms with Crippen molar-refractivity contribution in [2.45, 2.75) is 46.3 Å². The molecule has 0 amide bonds. The van der Waals surface area contributed by atoms with Gasteiger partial charge in [0.2, 0.25) is 0 Å². The Bertz CT molecular complexity index is 420. The summed E-state index contributed by atoms with van der Waals surface area (Å²) in [6.45, 7) is 9.52. The lowest BCUT2D eigenvalue weighted by Gasteiger charge is -2.25. The number of nitrogen functional groups attached to an aromatic ring is 1. The molecular formula is C17H31N3O. The lowest BCUT2D eigenvalue weighted by atomic mass is 10.0. The van der Waals surface area contributed by atoms with Gasteiger partial charge in [-0.1, -0.05) is 13.8 Å². The Morgan fingerprint density at radius 2 is 1.86 bits per heavy atom. The highest BCUT2D eigenvalue weighted by Crippen LogP contribution is 2.27. The standard InChI is InChI=1S/C17H31N3O/c1-12(2)9-15(11-20(5)6)19-14-7-8-16(18)17(10-14)21-13(3)4/h7-8,10,12-13,15,19H,9,11,18H2,1-6H3. The molecule has 0 spiro atoms. The topological polar surface area (TPSA) is 50.5 Å². The Balaban J connectivity index is 2.82. The fraction of sp³-hybridized carbons (Fsp3) is 0.647. The number of nitrogens with zero attached hydrogens (tertiary/aromatic N) is 1. The fourth-order valence-electron chi connectivity index (χ4n) is 2.40. The highest BCUT2D eigenvalue weighted by molar-refractivity contribution is 5.61. The van der Waals surface area contributed by atoms with Crippen molar-refractivity contribution in [1.82, 2.24) is 4.90 Å². The Morgan fingerprint density at radius 1 is 1.19 bits per heavy atom. The van der Waals surface area contributed by atoms with Crippen LogP contribution in [0.1, 0.15) is 34.1 Å². The van der Waals surface area contributed by atoms with E-state index < -0.39 is 0 Å². The third-order valence-electron chi connectivity index (χ3n) is 3.09. The van der Waals surface area contributed by atoms with Crippen LogP contribution in [0, 0.1) is 5.92 Å². The summed E-state index contributed by atoms with van der Waals surface area (Å²) in [7, 11) is 4.20. The van der Waals surface area contributed by atoms with E-state index in [1.807, 2.05) is 32.0 Å². The van der Waals surface area contributed by atoms with Gasteiger partial charge < -0.3 is 20.7 Å². The maximum atomic E-state index is 5.97. The van der Waals surface area contributed by atoms with E-state index in [0.29, 0.717) is 17.6 Å².